The van der Waals surface area contributed by atoms with Crippen LogP contribution in [0.4, 0.5) is 0 Å². The summed E-state index contributed by atoms with van der Waals surface area (Å²) < 4.78 is 5.22. The summed E-state index contributed by atoms with van der Waals surface area (Å²) in [7, 11) is 1.73. The molecule has 2 unspecified atom stereocenters. The maximum Gasteiger partial charge on any atom is 0.0954 e. The van der Waals surface area contributed by atoms with E-state index in [2.05, 4.69) is 24.2 Å². The molecular weight excluding hydrogens is 220 g/mol. The van der Waals surface area contributed by atoms with E-state index in [1.165, 1.54) is 12.8 Å². The van der Waals surface area contributed by atoms with Crippen molar-refractivity contribution in [1.82, 2.24) is 4.98 Å². The molecule has 92 valence electrons. The highest BCUT2D eigenvalue weighted by Gasteiger charge is 2.11. The van der Waals surface area contributed by atoms with Crippen molar-refractivity contribution < 1.29 is 4.74 Å². The van der Waals surface area contributed by atoms with E-state index in [4.69, 9.17) is 10.5 Å². The zero-order chi connectivity index (χ0) is 12.0. The van der Waals surface area contributed by atoms with Gasteiger partial charge in [-0.2, -0.15) is 0 Å². The van der Waals surface area contributed by atoms with Gasteiger partial charge >= 0.3 is 0 Å². The first-order chi connectivity index (χ1) is 7.67. The van der Waals surface area contributed by atoms with Gasteiger partial charge in [-0.3, -0.25) is 0 Å². The van der Waals surface area contributed by atoms with Crippen LogP contribution in [0, 0.1) is 0 Å². The van der Waals surface area contributed by atoms with Crippen molar-refractivity contribution in [3.8, 4) is 0 Å². The summed E-state index contributed by atoms with van der Waals surface area (Å²) in [4.78, 5) is 4.56. The molecule has 0 bridgehead atoms. The van der Waals surface area contributed by atoms with Crippen molar-refractivity contribution in [1.29, 1.82) is 0 Å². The van der Waals surface area contributed by atoms with Crippen molar-refractivity contribution in [3.05, 3.63) is 16.1 Å². The number of rotatable bonds is 7. The first-order valence-electron chi connectivity index (χ1n) is 5.90. The molecule has 1 rings (SSSR count). The second-order valence-corrected chi connectivity index (χ2v) is 5.11. The first kappa shape index (κ1) is 13.6. The van der Waals surface area contributed by atoms with Gasteiger partial charge in [0.1, 0.15) is 0 Å². The Morgan fingerprint density at radius 1 is 1.56 bits per heavy atom. The lowest BCUT2D eigenvalue weighted by Gasteiger charge is -2.08. The lowest BCUT2D eigenvalue weighted by atomic mass is 10.1. The van der Waals surface area contributed by atoms with Gasteiger partial charge in [0, 0.05) is 25.0 Å². The summed E-state index contributed by atoms with van der Waals surface area (Å²) in [5, 5.41) is 3.20. The van der Waals surface area contributed by atoms with Crippen LogP contribution in [-0.4, -0.2) is 18.2 Å². The van der Waals surface area contributed by atoms with Gasteiger partial charge in [-0.05, 0) is 13.3 Å². The van der Waals surface area contributed by atoms with Gasteiger partial charge < -0.3 is 10.5 Å². The van der Waals surface area contributed by atoms with Crippen LogP contribution in [0.1, 0.15) is 49.9 Å². The Labute approximate surface area is 102 Å². The third kappa shape index (κ3) is 4.20. The number of hydrogen-bond donors (Lipinski definition) is 1. The molecule has 0 aliphatic carbocycles. The second kappa shape index (κ2) is 6.99. The lowest BCUT2D eigenvalue weighted by molar-refractivity contribution is 0.118. The van der Waals surface area contributed by atoms with Gasteiger partial charge in [0.15, 0.2) is 0 Å². The topological polar surface area (TPSA) is 48.1 Å². The number of nitrogens with two attached hydrogens (primary N) is 1. The molecule has 16 heavy (non-hydrogen) atoms. The van der Waals surface area contributed by atoms with Crippen LogP contribution >= 0.6 is 11.3 Å². The van der Waals surface area contributed by atoms with Crippen molar-refractivity contribution in [2.75, 3.05) is 7.11 Å². The molecule has 1 heterocycles. The molecule has 3 nitrogen and oxygen atoms in total. The summed E-state index contributed by atoms with van der Waals surface area (Å²) >= 11 is 1.68. The van der Waals surface area contributed by atoms with Crippen LogP contribution in [0.25, 0.3) is 0 Å². The average Bonchev–Trinajstić information content (AvgIpc) is 2.74. The molecule has 0 saturated carbocycles. The minimum atomic E-state index is 0.0998. The summed E-state index contributed by atoms with van der Waals surface area (Å²) in [5.41, 5.74) is 7.11. The van der Waals surface area contributed by atoms with Crippen LogP contribution in [0.2, 0.25) is 0 Å². The number of ether oxygens (including phenoxy) is 1. The molecule has 0 amide bonds. The Balaban J connectivity index is 2.50. The number of methoxy groups -OCH3 is 1. The van der Waals surface area contributed by atoms with Gasteiger partial charge in [0.2, 0.25) is 0 Å². The zero-order valence-electron chi connectivity index (χ0n) is 10.4. The third-order valence-electron chi connectivity index (χ3n) is 2.68. The van der Waals surface area contributed by atoms with Gasteiger partial charge in [-0.25, -0.2) is 4.98 Å². The Kier molecular flexibility index (Phi) is 5.95. The first-order valence-corrected chi connectivity index (χ1v) is 6.78. The van der Waals surface area contributed by atoms with Gasteiger partial charge in [0.05, 0.1) is 16.8 Å². The molecule has 0 aliphatic heterocycles. The zero-order valence-corrected chi connectivity index (χ0v) is 11.2. The minimum absolute atomic E-state index is 0.0998. The van der Waals surface area contributed by atoms with E-state index in [0.717, 1.165) is 23.5 Å². The molecule has 4 heteroatoms. The minimum Gasteiger partial charge on any atom is -0.381 e. The monoisotopic (exact) mass is 242 g/mol. The number of aromatic nitrogens is 1. The highest BCUT2D eigenvalue weighted by molar-refractivity contribution is 7.09. The highest BCUT2D eigenvalue weighted by Crippen LogP contribution is 2.20. The predicted octanol–water partition coefficient (Wildman–Crippen LogP) is 2.91. The molecule has 0 radical (unpaired) electrons. The van der Waals surface area contributed by atoms with E-state index in [1.54, 1.807) is 18.4 Å². The van der Waals surface area contributed by atoms with Crippen molar-refractivity contribution in [2.24, 2.45) is 5.73 Å². The fraction of sp³-hybridized carbons (Fsp3) is 0.750. The second-order valence-electron chi connectivity index (χ2n) is 4.17. The molecule has 0 fully saturated rings. The maximum absolute atomic E-state index is 6.07. The average molecular weight is 242 g/mol. The number of hydrogen-bond acceptors (Lipinski definition) is 4. The van der Waals surface area contributed by atoms with Crippen molar-refractivity contribution in [3.63, 3.8) is 0 Å². The Morgan fingerprint density at radius 2 is 2.31 bits per heavy atom. The van der Waals surface area contributed by atoms with Crippen molar-refractivity contribution in [2.45, 2.75) is 51.7 Å². The van der Waals surface area contributed by atoms with Crippen LogP contribution in [0.3, 0.4) is 0 Å². The van der Waals surface area contributed by atoms with Crippen LogP contribution in [-0.2, 0) is 11.2 Å². The van der Waals surface area contributed by atoms with E-state index < -0.39 is 0 Å². The molecule has 2 N–H and O–H groups in total. The lowest BCUT2D eigenvalue weighted by Crippen LogP contribution is -2.12. The molecule has 0 aromatic carbocycles. The van der Waals surface area contributed by atoms with Gasteiger partial charge in [-0.1, -0.05) is 19.8 Å². The summed E-state index contributed by atoms with van der Waals surface area (Å²) in [6, 6.07) is 0.0998. The van der Waals surface area contributed by atoms with E-state index in [0.29, 0.717) is 0 Å². The number of thiazole rings is 1. The van der Waals surface area contributed by atoms with E-state index >= 15 is 0 Å². The van der Waals surface area contributed by atoms with Crippen LogP contribution in [0.15, 0.2) is 5.38 Å². The van der Waals surface area contributed by atoms with Crippen LogP contribution in [0.5, 0.6) is 0 Å². The fourth-order valence-electron chi connectivity index (χ4n) is 1.49. The predicted molar refractivity (Wildman–Crippen MR) is 68.7 cm³/mol. The molecule has 0 aliphatic rings. The fourth-order valence-corrected chi connectivity index (χ4v) is 2.46. The quantitative estimate of drug-likeness (QED) is 0.799. The highest BCUT2D eigenvalue weighted by atomic mass is 32.1. The number of unbranched alkanes of at least 4 members (excludes halogenated alkanes) is 1. The van der Waals surface area contributed by atoms with Crippen molar-refractivity contribution >= 4 is 11.3 Å². The molecule has 2 atom stereocenters. The van der Waals surface area contributed by atoms with E-state index in [-0.39, 0.29) is 12.1 Å². The smallest absolute Gasteiger partial charge is 0.0954 e. The summed E-state index contributed by atoms with van der Waals surface area (Å²) in [5.74, 6) is 0. The van der Waals surface area contributed by atoms with Gasteiger partial charge in [0.25, 0.3) is 0 Å². The maximum atomic E-state index is 6.07. The SMILES string of the molecule is CCCCC(N)c1csc(CC(C)OC)n1. The molecule has 0 saturated heterocycles. The van der Waals surface area contributed by atoms with Gasteiger partial charge in [-0.15, -0.1) is 11.3 Å². The number of nitrogens with zero attached hydrogens (tertiary/aromatic N) is 1. The molecule has 0 spiro atoms. The summed E-state index contributed by atoms with van der Waals surface area (Å²) in [6.45, 7) is 4.23. The molecule has 1 aromatic rings. The standard InChI is InChI=1S/C12H22N2OS/c1-4-5-6-10(13)11-8-16-12(14-11)7-9(2)15-3/h8-10H,4-7,13H2,1-3H3. The Hall–Kier alpha value is -0.450. The normalized spacial score (nSPS) is 15.0. The molecule has 1 aromatic heterocycles. The Morgan fingerprint density at radius 3 is 2.94 bits per heavy atom. The Bertz CT molecular complexity index is 301. The van der Waals surface area contributed by atoms with E-state index in [9.17, 15) is 0 Å². The van der Waals surface area contributed by atoms with Crippen LogP contribution < -0.4 is 5.73 Å². The summed E-state index contributed by atoms with van der Waals surface area (Å²) in [6.07, 6.45) is 4.49. The third-order valence-corrected chi connectivity index (χ3v) is 3.57. The largest absolute Gasteiger partial charge is 0.381 e. The molecular formula is C12H22N2OS. The van der Waals surface area contributed by atoms with E-state index in [1.807, 2.05) is 0 Å².